The number of aromatic hydroxyl groups is 1. The van der Waals surface area contributed by atoms with Gasteiger partial charge in [0, 0.05) is 36.3 Å². The average molecular weight is 407 g/mol. The van der Waals surface area contributed by atoms with Gasteiger partial charge < -0.3 is 14.9 Å². The van der Waals surface area contributed by atoms with Crippen molar-refractivity contribution in [2.75, 3.05) is 24.5 Å². The molecule has 1 fully saturated rings. The molecule has 0 aliphatic carbocycles. The molecule has 3 nitrogen and oxygen atoms in total. The molecule has 4 heteroatoms. The van der Waals surface area contributed by atoms with Gasteiger partial charge in [0.1, 0.15) is 5.75 Å². The number of thiophene rings is 1. The average Bonchev–Trinajstić information content (AvgIpc) is 3.28. The van der Waals surface area contributed by atoms with Crippen molar-refractivity contribution in [2.45, 2.75) is 38.1 Å². The number of hydrogen-bond acceptors (Lipinski definition) is 4. The third-order valence-electron chi connectivity index (χ3n) is 5.85. The number of phenols is 1. The predicted octanol–water partition coefficient (Wildman–Crippen LogP) is 6.08. The highest BCUT2D eigenvalue weighted by Gasteiger charge is 2.26. The Labute approximate surface area is 178 Å². The molecule has 2 heterocycles. The van der Waals surface area contributed by atoms with Gasteiger partial charge >= 0.3 is 0 Å². The molecule has 2 aromatic carbocycles. The third kappa shape index (κ3) is 5.40. The van der Waals surface area contributed by atoms with Gasteiger partial charge in [0.2, 0.25) is 0 Å². The molecule has 1 aliphatic rings. The number of nitrogens with zero attached hydrogens (tertiary/aromatic N) is 2. The van der Waals surface area contributed by atoms with Gasteiger partial charge in [-0.2, -0.15) is 11.3 Å². The Morgan fingerprint density at radius 1 is 0.931 bits per heavy atom. The van der Waals surface area contributed by atoms with Crippen molar-refractivity contribution in [2.24, 2.45) is 0 Å². The van der Waals surface area contributed by atoms with Crippen molar-refractivity contribution in [1.29, 1.82) is 0 Å². The Kier molecular flexibility index (Phi) is 6.86. The van der Waals surface area contributed by atoms with Crippen LogP contribution in [0.1, 0.15) is 31.2 Å². The molecule has 0 spiro atoms. The van der Waals surface area contributed by atoms with E-state index in [0.29, 0.717) is 11.8 Å². The second-order valence-corrected chi connectivity index (χ2v) is 8.67. The molecular formula is C25H30N2OS. The second kappa shape index (κ2) is 9.95. The lowest BCUT2D eigenvalue weighted by Gasteiger charge is -2.39. The Balaban J connectivity index is 1.30. The van der Waals surface area contributed by atoms with Crippen LogP contribution in [0.25, 0.3) is 0 Å². The van der Waals surface area contributed by atoms with Crippen LogP contribution in [0.15, 0.2) is 71.4 Å². The molecule has 0 saturated carbocycles. The van der Waals surface area contributed by atoms with Crippen LogP contribution in [0.5, 0.6) is 5.75 Å². The molecule has 0 bridgehead atoms. The molecule has 3 aromatic rings. The van der Waals surface area contributed by atoms with Crippen LogP contribution in [-0.4, -0.2) is 35.7 Å². The largest absolute Gasteiger partial charge is 0.508 e. The summed E-state index contributed by atoms with van der Waals surface area (Å²) < 4.78 is 0. The topological polar surface area (TPSA) is 26.7 Å². The van der Waals surface area contributed by atoms with Gasteiger partial charge in [-0.1, -0.05) is 36.4 Å². The molecule has 4 rings (SSSR count). The van der Waals surface area contributed by atoms with E-state index in [1.807, 2.05) is 12.1 Å². The zero-order chi connectivity index (χ0) is 19.9. The van der Waals surface area contributed by atoms with Gasteiger partial charge in [-0.15, -0.1) is 0 Å². The molecule has 0 amide bonds. The SMILES string of the molecule is Oc1cccc(N(c2ccsc2)C2CCN(CCCCc3ccccc3)CC2)c1. The van der Waals surface area contributed by atoms with Gasteiger partial charge in [-0.25, -0.2) is 0 Å². The molecule has 1 aromatic heterocycles. The minimum atomic E-state index is 0.332. The van der Waals surface area contributed by atoms with Gasteiger partial charge in [0.05, 0.1) is 5.69 Å². The summed E-state index contributed by atoms with van der Waals surface area (Å²) in [6.45, 7) is 3.50. The van der Waals surface area contributed by atoms with Gasteiger partial charge in [0.25, 0.3) is 0 Å². The summed E-state index contributed by atoms with van der Waals surface area (Å²) in [7, 11) is 0. The Hall–Kier alpha value is -2.30. The summed E-state index contributed by atoms with van der Waals surface area (Å²) in [5.41, 5.74) is 3.77. The first kappa shape index (κ1) is 20.0. The number of aryl methyl sites for hydroxylation is 1. The van der Waals surface area contributed by atoms with Crippen LogP contribution < -0.4 is 4.90 Å². The molecule has 1 aliphatic heterocycles. The van der Waals surface area contributed by atoms with E-state index in [1.165, 1.54) is 37.1 Å². The summed E-state index contributed by atoms with van der Waals surface area (Å²) in [5, 5.41) is 14.3. The van der Waals surface area contributed by atoms with Crippen molar-refractivity contribution in [1.82, 2.24) is 4.90 Å². The number of hydrogen-bond donors (Lipinski definition) is 1. The summed E-state index contributed by atoms with van der Waals surface area (Å²) in [5.74, 6) is 0.332. The van der Waals surface area contributed by atoms with Crippen LogP contribution in [-0.2, 0) is 6.42 Å². The molecule has 0 unspecified atom stereocenters. The fourth-order valence-corrected chi connectivity index (χ4v) is 4.95. The molecule has 0 atom stereocenters. The summed E-state index contributed by atoms with van der Waals surface area (Å²) >= 11 is 1.73. The van der Waals surface area contributed by atoms with Gasteiger partial charge in [-0.05, 0) is 67.8 Å². The first-order valence-corrected chi connectivity index (χ1v) is 11.6. The van der Waals surface area contributed by atoms with E-state index in [2.05, 4.69) is 63.0 Å². The first-order chi connectivity index (χ1) is 14.3. The number of phenolic OH excluding ortho intramolecular Hbond substituents is 1. The van der Waals surface area contributed by atoms with Gasteiger partial charge in [-0.3, -0.25) is 0 Å². The van der Waals surface area contributed by atoms with Crippen LogP contribution >= 0.6 is 11.3 Å². The smallest absolute Gasteiger partial charge is 0.117 e. The maximum Gasteiger partial charge on any atom is 0.117 e. The van der Waals surface area contributed by atoms with Crippen LogP contribution in [0.4, 0.5) is 11.4 Å². The Morgan fingerprint density at radius 2 is 1.76 bits per heavy atom. The third-order valence-corrected chi connectivity index (χ3v) is 6.52. The van der Waals surface area contributed by atoms with E-state index in [9.17, 15) is 5.11 Å². The number of piperidine rings is 1. The zero-order valence-corrected chi connectivity index (χ0v) is 17.7. The summed E-state index contributed by atoms with van der Waals surface area (Å²) in [4.78, 5) is 5.04. The number of unbranched alkanes of at least 4 members (excludes halogenated alkanes) is 1. The predicted molar refractivity (Wildman–Crippen MR) is 123 cm³/mol. The van der Waals surface area contributed by atoms with Crippen molar-refractivity contribution in [3.05, 3.63) is 77.0 Å². The molecule has 29 heavy (non-hydrogen) atoms. The van der Waals surface area contributed by atoms with Crippen LogP contribution in [0.2, 0.25) is 0 Å². The summed E-state index contributed by atoms with van der Waals surface area (Å²) in [6, 6.07) is 21.1. The first-order valence-electron chi connectivity index (χ1n) is 10.7. The monoisotopic (exact) mass is 406 g/mol. The number of anilines is 2. The molecule has 1 N–H and O–H groups in total. The molecule has 152 valence electrons. The second-order valence-electron chi connectivity index (χ2n) is 7.89. The maximum absolute atomic E-state index is 9.97. The number of likely N-dealkylation sites (tertiary alicyclic amines) is 1. The van der Waals surface area contributed by atoms with Crippen molar-refractivity contribution in [3.8, 4) is 5.75 Å². The Bertz CT molecular complexity index is 858. The lowest BCUT2D eigenvalue weighted by Crippen LogP contribution is -2.43. The highest BCUT2D eigenvalue weighted by Crippen LogP contribution is 2.34. The molecular weight excluding hydrogens is 376 g/mol. The van der Waals surface area contributed by atoms with Crippen LogP contribution in [0, 0.1) is 0 Å². The van der Waals surface area contributed by atoms with E-state index in [0.717, 1.165) is 31.6 Å². The molecule has 0 radical (unpaired) electrons. The fourth-order valence-electron chi connectivity index (χ4n) is 4.32. The van der Waals surface area contributed by atoms with Gasteiger partial charge in [0.15, 0.2) is 0 Å². The standard InChI is InChI=1S/C25H30N2OS/c28-25-11-6-10-23(19-25)27(24-14-18-29-20-24)22-12-16-26(17-13-22)15-5-4-9-21-7-2-1-3-8-21/h1-3,6-8,10-11,14,18-20,22,28H,4-5,9,12-13,15-17H2. The van der Waals surface area contributed by atoms with Crippen LogP contribution in [0.3, 0.4) is 0 Å². The van der Waals surface area contributed by atoms with Crippen molar-refractivity contribution in [3.63, 3.8) is 0 Å². The minimum Gasteiger partial charge on any atom is -0.508 e. The Morgan fingerprint density at radius 3 is 2.48 bits per heavy atom. The molecule has 1 saturated heterocycles. The van der Waals surface area contributed by atoms with E-state index in [1.54, 1.807) is 17.4 Å². The number of rotatable bonds is 8. The zero-order valence-electron chi connectivity index (χ0n) is 16.9. The van der Waals surface area contributed by atoms with E-state index < -0.39 is 0 Å². The lowest BCUT2D eigenvalue weighted by atomic mass is 10.0. The quantitative estimate of drug-likeness (QED) is 0.459. The van der Waals surface area contributed by atoms with Crippen molar-refractivity contribution >= 4 is 22.7 Å². The van der Waals surface area contributed by atoms with E-state index in [-0.39, 0.29) is 0 Å². The summed E-state index contributed by atoms with van der Waals surface area (Å²) in [6.07, 6.45) is 6.02. The maximum atomic E-state index is 9.97. The number of benzene rings is 2. The van der Waals surface area contributed by atoms with Crippen molar-refractivity contribution < 1.29 is 5.11 Å². The van der Waals surface area contributed by atoms with E-state index in [4.69, 9.17) is 0 Å². The minimum absolute atomic E-state index is 0.332. The highest BCUT2D eigenvalue weighted by atomic mass is 32.1. The fraction of sp³-hybridized carbons (Fsp3) is 0.360. The lowest BCUT2D eigenvalue weighted by molar-refractivity contribution is 0.209. The normalized spacial score (nSPS) is 15.4. The highest BCUT2D eigenvalue weighted by molar-refractivity contribution is 7.08. The van der Waals surface area contributed by atoms with E-state index >= 15 is 0 Å².